The second kappa shape index (κ2) is 6.38. The highest BCUT2D eigenvalue weighted by atomic mass is 16.6. The number of imidazole rings is 1. The van der Waals surface area contributed by atoms with Crippen LogP contribution in [-0.2, 0) is 7.05 Å². The van der Waals surface area contributed by atoms with Gasteiger partial charge in [-0.25, -0.2) is 4.98 Å². The van der Waals surface area contributed by atoms with Crippen molar-refractivity contribution in [1.82, 2.24) is 9.55 Å². The number of nitrogens with one attached hydrogen (secondary N) is 1. The number of nitrogens with zero attached hydrogens (tertiary/aromatic N) is 3. The molecule has 0 unspecified atom stereocenters. The van der Waals surface area contributed by atoms with Gasteiger partial charge in [0.05, 0.1) is 4.92 Å². The fraction of sp³-hybridized carbons (Fsp3) is 0.333. The van der Waals surface area contributed by atoms with E-state index < -0.39 is 4.92 Å². The zero-order valence-corrected chi connectivity index (χ0v) is 12.7. The van der Waals surface area contributed by atoms with Gasteiger partial charge in [-0.3, -0.25) is 14.9 Å². The monoisotopic (exact) mass is 302 g/mol. The second-order valence-corrected chi connectivity index (χ2v) is 5.45. The third kappa shape index (κ3) is 3.30. The summed E-state index contributed by atoms with van der Waals surface area (Å²) in [6.07, 6.45) is 3.17. The molecule has 1 heterocycles. The fourth-order valence-corrected chi connectivity index (χ4v) is 2.00. The highest BCUT2D eigenvalue weighted by molar-refractivity contribution is 6.07. The zero-order valence-electron chi connectivity index (χ0n) is 12.7. The van der Waals surface area contributed by atoms with E-state index >= 15 is 0 Å². The summed E-state index contributed by atoms with van der Waals surface area (Å²) in [5.41, 5.74) is 0.548. The molecule has 2 rings (SSSR count). The van der Waals surface area contributed by atoms with E-state index in [1.54, 1.807) is 29.9 Å². The maximum Gasteiger partial charge on any atom is 0.293 e. The molecule has 0 saturated carbocycles. The minimum Gasteiger partial charge on any atom is -0.379 e. The molecule has 116 valence electrons. The number of carbonyl (C=O) groups excluding carboxylic acids is 1. The molecule has 1 aromatic carbocycles. The molecule has 0 aliphatic heterocycles. The molecular formula is C15H18N4O3. The highest BCUT2D eigenvalue weighted by Crippen LogP contribution is 2.26. The van der Waals surface area contributed by atoms with E-state index in [1.807, 2.05) is 13.8 Å². The normalized spacial score (nSPS) is 10.7. The lowest BCUT2D eigenvalue weighted by molar-refractivity contribution is -0.384. The van der Waals surface area contributed by atoms with E-state index in [0.717, 1.165) is 0 Å². The molecule has 0 spiro atoms. The topological polar surface area (TPSA) is 90.1 Å². The molecule has 0 saturated heterocycles. The molecule has 0 aliphatic carbocycles. The molecule has 0 amide bonds. The van der Waals surface area contributed by atoms with E-state index in [-0.39, 0.29) is 22.9 Å². The average molecular weight is 302 g/mol. The smallest absolute Gasteiger partial charge is 0.293 e. The van der Waals surface area contributed by atoms with Crippen molar-refractivity contribution in [2.24, 2.45) is 13.0 Å². The minimum atomic E-state index is -0.488. The van der Waals surface area contributed by atoms with Crippen molar-refractivity contribution in [2.45, 2.75) is 13.8 Å². The summed E-state index contributed by atoms with van der Waals surface area (Å²) < 4.78 is 1.58. The van der Waals surface area contributed by atoms with Crippen LogP contribution >= 0.6 is 0 Å². The van der Waals surface area contributed by atoms with Gasteiger partial charge in [-0.15, -0.1) is 0 Å². The van der Waals surface area contributed by atoms with Crippen LogP contribution in [0.1, 0.15) is 30.0 Å². The van der Waals surface area contributed by atoms with Crippen molar-refractivity contribution in [3.05, 3.63) is 52.1 Å². The molecule has 7 heteroatoms. The van der Waals surface area contributed by atoms with Gasteiger partial charge in [0.25, 0.3) is 5.69 Å². The third-order valence-corrected chi connectivity index (χ3v) is 3.18. The summed E-state index contributed by atoms with van der Waals surface area (Å²) in [7, 11) is 1.70. The molecule has 0 bridgehead atoms. The zero-order chi connectivity index (χ0) is 16.3. The number of benzene rings is 1. The summed E-state index contributed by atoms with van der Waals surface area (Å²) in [4.78, 5) is 27.1. The summed E-state index contributed by atoms with van der Waals surface area (Å²) >= 11 is 0. The highest BCUT2D eigenvalue weighted by Gasteiger charge is 2.20. The van der Waals surface area contributed by atoms with Crippen LogP contribution in [0.4, 0.5) is 11.4 Å². The van der Waals surface area contributed by atoms with Gasteiger partial charge in [-0.2, -0.15) is 0 Å². The second-order valence-electron chi connectivity index (χ2n) is 5.45. The predicted molar refractivity (Wildman–Crippen MR) is 83.1 cm³/mol. The molecule has 1 aromatic heterocycles. The van der Waals surface area contributed by atoms with Crippen molar-refractivity contribution < 1.29 is 9.72 Å². The largest absolute Gasteiger partial charge is 0.379 e. The first-order chi connectivity index (χ1) is 10.4. The van der Waals surface area contributed by atoms with Gasteiger partial charge in [0.1, 0.15) is 5.69 Å². The summed E-state index contributed by atoms with van der Waals surface area (Å²) in [6, 6.07) is 4.43. The molecule has 7 nitrogen and oxygen atoms in total. The first kappa shape index (κ1) is 15.7. The Kier molecular flexibility index (Phi) is 4.55. The number of anilines is 1. The predicted octanol–water partition coefficient (Wildman–Crippen LogP) is 2.63. The number of hydrogen-bond donors (Lipinski definition) is 1. The fourth-order valence-electron chi connectivity index (χ4n) is 2.00. The van der Waals surface area contributed by atoms with E-state index in [2.05, 4.69) is 10.3 Å². The van der Waals surface area contributed by atoms with Crippen LogP contribution in [0.25, 0.3) is 0 Å². The van der Waals surface area contributed by atoms with Crippen molar-refractivity contribution in [3.8, 4) is 0 Å². The number of rotatable bonds is 6. The Morgan fingerprint density at radius 3 is 2.73 bits per heavy atom. The molecule has 1 N–H and O–H groups in total. The number of aryl methyl sites for hydroxylation is 1. The summed E-state index contributed by atoms with van der Waals surface area (Å²) in [6.45, 7) is 4.64. The van der Waals surface area contributed by atoms with Crippen LogP contribution in [0.15, 0.2) is 30.6 Å². The molecule has 0 radical (unpaired) electrons. The molecule has 2 aromatic rings. The Hall–Kier alpha value is -2.70. The lowest BCUT2D eigenvalue weighted by Gasteiger charge is -2.10. The molecule has 22 heavy (non-hydrogen) atoms. The molecule has 0 atom stereocenters. The maximum absolute atomic E-state index is 12.4. The van der Waals surface area contributed by atoms with E-state index in [4.69, 9.17) is 0 Å². The van der Waals surface area contributed by atoms with Crippen molar-refractivity contribution in [3.63, 3.8) is 0 Å². The Balaban J connectivity index is 2.35. The van der Waals surface area contributed by atoms with Crippen LogP contribution in [0.5, 0.6) is 0 Å². The van der Waals surface area contributed by atoms with E-state index in [1.165, 1.54) is 12.3 Å². The van der Waals surface area contributed by atoms with Crippen LogP contribution in [0.3, 0.4) is 0 Å². The Morgan fingerprint density at radius 1 is 1.45 bits per heavy atom. The summed E-state index contributed by atoms with van der Waals surface area (Å²) in [5.74, 6) is 0.261. The van der Waals surface area contributed by atoms with Gasteiger partial charge in [-0.05, 0) is 18.1 Å². The number of hydrogen-bond acceptors (Lipinski definition) is 5. The van der Waals surface area contributed by atoms with Gasteiger partial charge in [0.15, 0.2) is 5.82 Å². The number of aromatic nitrogens is 2. The van der Waals surface area contributed by atoms with Crippen molar-refractivity contribution in [1.29, 1.82) is 0 Å². The van der Waals surface area contributed by atoms with Gasteiger partial charge in [0.2, 0.25) is 5.78 Å². The Labute approximate surface area is 128 Å². The van der Waals surface area contributed by atoms with Crippen LogP contribution in [0, 0.1) is 16.0 Å². The van der Waals surface area contributed by atoms with Crippen molar-refractivity contribution in [2.75, 3.05) is 11.9 Å². The van der Waals surface area contributed by atoms with Crippen LogP contribution in [0.2, 0.25) is 0 Å². The quantitative estimate of drug-likeness (QED) is 0.503. The first-order valence-corrected chi connectivity index (χ1v) is 6.94. The van der Waals surface area contributed by atoms with E-state index in [9.17, 15) is 14.9 Å². The van der Waals surface area contributed by atoms with Crippen LogP contribution < -0.4 is 5.32 Å². The van der Waals surface area contributed by atoms with Crippen molar-refractivity contribution >= 4 is 17.2 Å². The number of nitro groups is 1. The summed E-state index contributed by atoms with van der Waals surface area (Å²) in [5, 5.41) is 14.3. The standard InChI is InChI=1S/C15H18N4O3/c1-10(2)9-17-12-5-4-11(8-13(12)19(21)22)14(20)15-16-6-7-18(15)3/h4-8,10,17H,9H2,1-3H3. The third-order valence-electron chi connectivity index (χ3n) is 3.18. The molecule has 0 aliphatic rings. The lowest BCUT2D eigenvalue weighted by atomic mass is 10.1. The number of carbonyl (C=O) groups is 1. The van der Waals surface area contributed by atoms with Gasteiger partial charge < -0.3 is 9.88 Å². The Morgan fingerprint density at radius 2 is 2.18 bits per heavy atom. The van der Waals surface area contributed by atoms with Gasteiger partial charge >= 0.3 is 0 Å². The number of nitro benzene ring substituents is 1. The Bertz CT molecular complexity index is 707. The average Bonchev–Trinajstić information content (AvgIpc) is 2.90. The molecule has 0 fully saturated rings. The van der Waals surface area contributed by atoms with E-state index in [0.29, 0.717) is 18.2 Å². The first-order valence-electron chi connectivity index (χ1n) is 6.94. The molecular weight excluding hydrogens is 284 g/mol. The maximum atomic E-state index is 12.4. The SMILES string of the molecule is CC(C)CNc1ccc(C(=O)c2nccn2C)cc1[N+](=O)[O-]. The van der Waals surface area contributed by atoms with Crippen LogP contribution in [-0.4, -0.2) is 26.8 Å². The minimum absolute atomic E-state index is 0.110. The van der Waals surface area contributed by atoms with Gasteiger partial charge in [-0.1, -0.05) is 13.8 Å². The number of ketones is 1. The van der Waals surface area contributed by atoms with Gasteiger partial charge in [0, 0.05) is 37.6 Å². The lowest BCUT2D eigenvalue weighted by Crippen LogP contribution is -2.12.